The Morgan fingerprint density at radius 2 is 0.957 bits per heavy atom. The summed E-state index contributed by atoms with van der Waals surface area (Å²) < 4.78 is 2.05. The van der Waals surface area contributed by atoms with E-state index in [0.29, 0.717) is 28.9 Å². The van der Waals surface area contributed by atoms with Gasteiger partial charge in [-0.1, -0.05) is 91.0 Å². The molecule has 3 aromatic carbocycles. The molecule has 0 N–H and O–H groups in total. The van der Waals surface area contributed by atoms with Crippen LogP contribution in [-0.2, 0) is 0 Å². The Balaban J connectivity index is 1.07. The first-order valence-electron chi connectivity index (χ1n) is 15.2. The first kappa shape index (κ1) is 26.7. The van der Waals surface area contributed by atoms with Crippen molar-refractivity contribution in [2.24, 2.45) is 0 Å². The lowest BCUT2D eigenvalue weighted by molar-refractivity contribution is 1.05. The lowest BCUT2D eigenvalue weighted by Gasteiger charge is -2.10. The number of hydrogen-bond acceptors (Lipinski definition) is 7. The fraction of sp³-hybridized carbons (Fsp3) is 0. The lowest BCUT2D eigenvalue weighted by Crippen LogP contribution is -2.01. The molecule has 0 saturated carbocycles. The van der Waals surface area contributed by atoms with E-state index in [2.05, 4.69) is 75.6 Å². The molecule has 8 nitrogen and oxygen atoms in total. The third-order valence-electron chi connectivity index (χ3n) is 8.22. The van der Waals surface area contributed by atoms with E-state index in [0.717, 1.165) is 55.5 Å². The first-order chi connectivity index (χ1) is 23.3. The monoisotopic (exact) mass is 604 g/mol. The van der Waals surface area contributed by atoms with Crippen molar-refractivity contribution in [1.82, 2.24) is 39.3 Å². The Kier molecular flexibility index (Phi) is 6.28. The van der Waals surface area contributed by atoms with Crippen LogP contribution in [0.3, 0.4) is 0 Å². The summed E-state index contributed by atoms with van der Waals surface area (Å²) in [5.41, 5.74) is 9.02. The molecule has 0 spiro atoms. The quantitative estimate of drug-likeness (QED) is 0.195. The minimum atomic E-state index is 0.499. The Bertz CT molecular complexity index is 2490. The minimum absolute atomic E-state index is 0.499. The highest BCUT2D eigenvalue weighted by Crippen LogP contribution is 2.34. The van der Waals surface area contributed by atoms with Gasteiger partial charge >= 0.3 is 0 Å². The normalized spacial score (nSPS) is 11.4. The molecule has 0 unspecified atom stereocenters. The lowest BCUT2D eigenvalue weighted by atomic mass is 9.99. The molecule has 0 aliphatic carbocycles. The molecular formula is C39H24N8. The summed E-state index contributed by atoms with van der Waals surface area (Å²) in [7, 11) is 0. The van der Waals surface area contributed by atoms with Gasteiger partial charge < -0.3 is 0 Å². The fourth-order valence-corrected chi connectivity index (χ4v) is 5.91. The maximum Gasteiger partial charge on any atom is 0.182 e. The number of benzene rings is 3. The van der Waals surface area contributed by atoms with Gasteiger partial charge in [-0.25, -0.2) is 24.9 Å². The SMILES string of the molecule is c1ccc(-c2nc(-c3ccc(-c4ccc(-c5nc6c(nc7ccccn76)c6ccccc56)cc4)cc3)nc(-c3ccccn3)n2)nc1. The molecule has 47 heavy (non-hydrogen) atoms. The highest BCUT2D eigenvalue weighted by molar-refractivity contribution is 6.09. The standard InChI is InChI=1S/C39H24N8/c1-2-10-30-29(9-1)34(43-39-35(30)42-33-13-5-8-24-47(33)39)27-18-14-25(15-19-27)26-16-20-28(21-17-26)36-44-37(31-11-3-6-22-40-31)46-38(45-36)32-12-4-7-23-41-32/h1-24H. The van der Waals surface area contributed by atoms with Gasteiger partial charge in [0.15, 0.2) is 23.1 Å². The van der Waals surface area contributed by atoms with Crippen molar-refractivity contribution in [1.29, 1.82) is 0 Å². The number of rotatable bonds is 5. The van der Waals surface area contributed by atoms with Crippen LogP contribution >= 0.6 is 0 Å². The number of hydrogen-bond donors (Lipinski definition) is 0. The molecule has 6 heterocycles. The number of pyridine rings is 4. The summed E-state index contributed by atoms with van der Waals surface area (Å²) in [4.78, 5) is 33.2. The van der Waals surface area contributed by atoms with Crippen LogP contribution in [0.1, 0.15) is 0 Å². The average molecular weight is 605 g/mol. The highest BCUT2D eigenvalue weighted by Gasteiger charge is 2.16. The molecule has 0 aliphatic rings. The summed E-state index contributed by atoms with van der Waals surface area (Å²) in [5.74, 6) is 1.56. The van der Waals surface area contributed by atoms with Crippen LogP contribution in [0, 0.1) is 0 Å². The van der Waals surface area contributed by atoms with E-state index in [4.69, 9.17) is 19.9 Å². The number of nitrogens with zero attached hydrogens (tertiary/aromatic N) is 8. The topological polar surface area (TPSA) is 94.6 Å². The molecule has 8 heteroatoms. The molecule has 0 aliphatic heterocycles. The smallest absolute Gasteiger partial charge is 0.182 e. The molecular weight excluding hydrogens is 580 g/mol. The van der Waals surface area contributed by atoms with E-state index in [1.807, 2.05) is 77.3 Å². The second kappa shape index (κ2) is 11.0. The van der Waals surface area contributed by atoms with Gasteiger partial charge in [0.2, 0.25) is 0 Å². The minimum Gasteiger partial charge on any atom is -0.284 e. The maximum absolute atomic E-state index is 5.14. The molecule has 0 atom stereocenters. The average Bonchev–Trinajstić information content (AvgIpc) is 3.54. The first-order valence-corrected chi connectivity index (χ1v) is 15.2. The molecule has 0 saturated heterocycles. The Morgan fingerprint density at radius 1 is 0.404 bits per heavy atom. The summed E-state index contributed by atoms with van der Waals surface area (Å²) in [6.07, 6.45) is 5.48. The van der Waals surface area contributed by atoms with Gasteiger partial charge in [-0.15, -0.1) is 0 Å². The second-order valence-corrected chi connectivity index (χ2v) is 11.1. The maximum atomic E-state index is 5.14. The molecule has 0 fully saturated rings. The van der Waals surface area contributed by atoms with E-state index < -0.39 is 0 Å². The van der Waals surface area contributed by atoms with Crippen molar-refractivity contribution in [3.05, 3.63) is 146 Å². The summed E-state index contributed by atoms with van der Waals surface area (Å²) >= 11 is 0. The third kappa shape index (κ3) is 4.76. The van der Waals surface area contributed by atoms with E-state index in [-0.39, 0.29) is 0 Å². The number of fused-ring (bicyclic) bond motifs is 5. The van der Waals surface area contributed by atoms with Gasteiger partial charge in [0, 0.05) is 40.5 Å². The Labute approximate surface area is 269 Å². The Hall–Kier alpha value is -6.67. The van der Waals surface area contributed by atoms with Crippen LogP contribution in [0.4, 0.5) is 0 Å². The van der Waals surface area contributed by atoms with Gasteiger partial charge in [-0.3, -0.25) is 14.4 Å². The summed E-state index contributed by atoms with van der Waals surface area (Å²) in [6.45, 7) is 0. The largest absolute Gasteiger partial charge is 0.284 e. The van der Waals surface area contributed by atoms with Crippen LogP contribution in [-0.4, -0.2) is 39.3 Å². The molecule has 6 aromatic heterocycles. The van der Waals surface area contributed by atoms with Crippen molar-refractivity contribution in [2.45, 2.75) is 0 Å². The van der Waals surface area contributed by atoms with Crippen LogP contribution in [0.25, 0.3) is 84.4 Å². The van der Waals surface area contributed by atoms with E-state index >= 15 is 0 Å². The zero-order valence-corrected chi connectivity index (χ0v) is 24.9. The van der Waals surface area contributed by atoms with Crippen LogP contribution in [0.5, 0.6) is 0 Å². The molecule has 9 rings (SSSR count). The predicted molar refractivity (Wildman–Crippen MR) is 184 cm³/mol. The second-order valence-electron chi connectivity index (χ2n) is 11.1. The zero-order valence-electron chi connectivity index (χ0n) is 24.9. The zero-order chi connectivity index (χ0) is 31.2. The number of aromatic nitrogens is 8. The van der Waals surface area contributed by atoms with Gasteiger partial charge in [-0.2, -0.15) is 0 Å². The molecule has 9 aromatic rings. The highest BCUT2D eigenvalue weighted by atomic mass is 15.1. The van der Waals surface area contributed by atoms with Gasteiger partial charge in [-0.05, 0) is 47.5 Å². The predicted octanol–water partition coefficient (Wildman–Crippen LogP) is 8.35. The van der Waals surface area contributed by atoms with Gasteiger partial charge in [0.05, 0.1) is 5.69 Å². The fourth-order valence-electron chi connectivity index (χ4n) is 5.91. The van der Waals surface area contributed by atoms with Crippen molar-refractivity contribution < 1.29 is 0 Å². The van der Waals surface area contributed by atoms with Crippen molar-refractivity contribution in [3.8, 4) is 56.8 Å². The summed E-state index contributed by atoms with van der Waals surface area (Å²) in [5, 5.41) is 2.17. The van der Waals surface area contributed by atoms with Crippen LogP contribution in [0.15, 0.2) is 146 Å². The molecule has 0 radical (unpaired) electrons. The van der Waals surface area contributed by atoms with Crippen LogP contribution < -0.4 is 0 Å². The number of imidazole rings is 1. The Morgan fingerprint density at radius 3 is 1.60 bits per heavy atom. The van der Waals surface area contributed by atoms with Crippen molar-refractivity contribution in [2.75, 3.05) is 0 Å². The van der Waals surface area contributed by atoms with E-state index in [1.54, 1.807) is 12.4 Å². The van der Waals surface area contributed by atoms with Gasteiger partial charge in [0.25, 0.3) is 0 Å². The van der Waals surface area contributed by atoms with Gasteiger partial charge in [0.1, 0.15) is 22.6 Å². The summed E-state index contributed by atoms with van der Waals surface area (Å²) in [6, 6.07) is 42.5. The molecule has 0 bridgehead atoms. The van der Waals surface area contributed by atoms with Crippen molar-refractivity contribution in [3.63, 3.8) is 0 Å². The molecule has 220 valence electrons. The van der Waals surface area contributed by atoms with Crippen LogP contribution in [0.2, 0.25) is 0 Å². The third-order valence-corrected chi connectivity index (χ3v) is 8.22. The molecule has 0 amide bonds. The van der Waals surface area contributed by atoms with E-state index in [1.165, 1.54) is 0 Å². The van der Waals surface area contributed by atoms with Crippen molar-refractivity contribution >= 4 is 27.6 Å². The van der Waals surface area contributed by atoms with E-state index in [9.17, 15) is 0 Å².